The topological polar surface area (TPSA) is 27.1 Å². The fraction of sp³-hybridized carbons (Fsp3) is 0.462. The van der Waals surface area contributed by atoms with Crippen LogP contribution in [0, 0.1) is 0 Å². The molecule has 1 aliphatic heterocycles. The van der Waals surface area contributed by atoms with E-state index in [1.54, 1.807) is 0 Å². The van der Waals surface area contributed by atoms with E-state index in [9.17, 15) is 13.2 Å². The predicted molar refractivity (Wildman–Crippen MR) is 68.8 cm³/mol. The Balaban J connectivity index is 2.14. The number of aromatic nitrogens is 2. The molecule has 3 nitrogen and oxygen atoms in total. The van der Waals surface area contributed by atoms with E-state index in [1.165, 1.54) is 6.07 Å². The summed E-state index contributed by atoms with van der Waals surface area (Å²) >= 11 is 5.87. The van der Waals surface area contributed by atoms with Crippen molar-refractivity contribution in [2.24, 2.45) is 0 Å². The maximum absolute atomic E-state index is 12.7. The number of alkyl halides is 4. The standard InChI is InChI=1S/C13H12ClF3N2O/c14-6-12-18-10-5-8(13(15,16)17)1-2-11(10)19(12)9-3-4-20-7-9/h1-2,5,9H,3-4,6-7H2. The van der Waals surface area contributed by atoms with E-state index in [4.69, 9.17) is 16.3 Å². The Morgan fingerprint density at radius 1 is 1.40 bits per heavy atom. The van der Waals surface area contributed by atoms with Gasteiger partial charge in [-0.1, -0.05) is 0 Å². The van der Waals surface area contributed by atoms with Crippen LogP contribution in [-0.2, 0) is 16.8 Å². The van der Waals surface area contributed by atoms with Crippen LogP contribution < -0.4 is 0 Å². The zero-order valence-electron chi connectivity index (χ0n) is 10.5. The highest BCUT2D eigenvalue weighted by atomic mass is 35.5. The molecule has 7 heteroatoms. The molecule has 2 heterocycles. The van der Waals surface area contributed by atoms with Crippen LogP contribution in [0.5, 0.6) is 0 Å². The molecule has 0 saturated carbocycles. The Kier molecular flexibility index (Phi) is 3.38. The van der Waals surface area contributed by atoms with E-state index in [-0.39, 0.29) is 11.9 Å². The third kappa shape index (κ3) is 2.27. The number of imidazole rings is 1. The van der Waals surface area contributed by atoms with Crippen molar-refractivity contribution in [1.29, 1.82) is 0 Å². The zero-order chi connectivity index (χ0) is 14.3. The fourth-order valence-electron chi connectivity index (χ4n) is 2.55. The van der Waals surface area contributed by atoms with Crippen LogP contribution in [0.4, 0.5) is 13.2 Å². The summed E-state index contributed by atoms with van der Waals surface area (Å²) in [4.78, 5) is 4.23. The molecule has 1 unspecified atom stereocenters. The highest BCUT2D eigenvalue weighted by Gasteiger charge is 2.31. The van der Waals surface area contributed by atoms with E-state index in [0.717, 1.165) is 18.6 Å². The van der Waals surface area contributed by atoms with Gasteiger partial charge in [0.1, 0.15) is 5.82 Å². The number of fused-ring (bicyclic) bond motifs is 1. The summed E-state index contributed by atoms with van der Waals surface area (Å²) in [5, 5.41) is 0. The summed E-state index contributed by atoms with van der Waals surface area (Å²) < 4.78 is 45.4. The predicted octanol–water partition coefficient (Wildman–Crippen LogP) is 3.76. The molecule has 1 saturated heterocycles. The first-order valence-electron chi connectivity index (χ1n) is 6.22. The Hall–Kier alpha value is -1.27. The van der Waals surface area contributed by atoms with Gasteiger partial charge in [0.2, 0.25) is 0 Å². The van der Waals surface area contributed by atoms with Crippen molar-refractivity contribution >= 4 is 22.6 Å². The van der Waals surface area contributed by atoms with E-state index in [2.05, 4.69) is 4.98 Å². The van der Waals surface area contributed by atoms with Crippen molar-refractivity contribution in [2.75, 3.05) is 13.2 Å². The third-order valence-electron chi connectivity index (χ3n) is 3.48. The molecule has 108 valence electrons. The molecule has 1 aromatic carbocycles. The number of nitrogens with zero attached hydrogens (tertiary/aromatic N) is 2. The molecule has 3 rings (SSSR count). The molecule has 2 aromatic rings. The van der Waals surface area contributed by atoms with Crippen LogP contribution in [0.1, 0.15) is 23.9 Å². The maximum Gasteiger partial charge on any atom is 0.416 e. The molecule has 1 aromatic heterocycles. The lowest BCUT2D eigenvalue weighted by atomic mass is 10.2. The molecular weight excluding hydrogens is 293 g/mol. The van der Waals surface area contributed by atoms with Crippen molar-refractivity contribution in [3.8, 4) is 0 Å². The number of ether oxygens (including phenoxy) is 1. The van der Waals surface area contributed by atoms with Crippen molar-refractivity contribution in [2.45, 2.75) is 24.5 Å². The Bertz CT molecular complexity index is 632. The summed E-state index contributed by atoms with van der Waals surface area (Å²) in [6.07, 6.45) is -3.55. The molecule has 0 radical (unpaired) electrons. The van der Waals surface area contributed by atoms with Gasteiger partial charge in [-0.15, -0.1) is 11.6 Å². The normalized spacial score (nSPS) is 19.9. The quantitative estimate of drug-likeness (QED) is 0.790. The van der Waals surface area contributed by atoms with Gasteiger partial charge in [-0.25, -0.2) is 4.98 Å². The molecule has 0 aliphatic carbocycles. The molecule has 0 bridgehead atoms. The van der Waals surface area contributed by atoms with Crippen LogP contribution in [0.15, 0.2) is 18.2 Å². The van der Waals surface area contributed by atoms with Crippen molar-refractivity contribution < 1.29 is 17.9 Å². The SMILES string of the molecule is FC(F)(F)c1ccc2c(c1)nc(CCl)n2C1CCOC1. The van der Waals surface area contributed by atoms with Gasteiger partial charge in [0.15, 0.2) is 0 Å². The molecule has 20 heavy (non-hydrogen) atoms. The Morgan fingerprint density at radius 3 is 2.80 bits per heavy atom. The van der Waals surface area contributed by atoms with E-state index >= 15 is 0 Å². The van der Waals surface area contributed by atoms with Crippen molar-refractivity contribution in [3.63, 3.8) is 0 Å². The van der Waals surface area contributed by atoms with Crippen molar-refractivity contribution in [3.05, 3.63) is 29.6 Å². The van der Waals surface area contributed by atoms with E-state index in [1.807, 2.05) is 4.57 Å². The van der Waals surface area contributed by atoms with Gasteiger partial charge in [0.25, 0.3) is 0 Å². The number of rotatable bonds is 2. The lowest BCUT2D eigenvalue weighted by Gasteiger charge is -2.14. The van der Waals surface area contributed by atoms with Gasteiger partial charge in [0.05, 0.1) is 35.1 Å². The molecule has 0 spiro atoms. The summed E-state index contributed by atoms with van der Waals surface area (Å²) in [6, 6.07) is 3.69. The minimum Gasteiger partial charge on any atom is -0.379 e. The van der Waals surface area contributed by atoms with E-state index in [0.29, 0.717) is 30.1 Å². The van der Waals surface area contributed by atoms with Gasteiger partial charge >= 0.3 is 6.18 Å². The van der Waals surface area contributed by atoms with Crippen LogP contribution in [0.25, 0.3) is 11.0 Å². The minimum atomic E-state index is -4.37. The van der Waals surface area contributed by atoms with Gasteiger partial charge in [-0.2, -0.15) is 13.2 Å². The molecule has 0 N–H and O–H groups in total. The molecule has 1 aliphatic rings. The van der Waals surface area contributed by atoms with Crippen LogP contribution in [0.3, 0.4) is 0 Å². The van der Waals surface area contributed by atoms with Gasteiger partial charge in [-0.05, 0) is 24.6 Å². The molecule has 1 fully saturated rings. The first kappa shape index (κ1) is 13.7. The van der Waals surface area contributed by atoms with Gasteiger partial charge in [0, 0.05) is 6.61 Å². The van der Waals surface area contributed by atoms with Gasteiger partial charge < -0.3 is 9.30 Å². The second-order valence-electron chi connectivity index (χ2n) is 4.75. The molecule has 0 amide bonds. The summed E-state index contributed by atoms with van der Waals surface area (Å²) in [5.74, 6) is 0.739. The number of hydrogen-bond acceptors (Lipinski definition) is 2. The average molecular weight is 305 g/mol. The van der Waals surface area contributed by atoms with Crippen molar-refractivity contribution in [1.82, 2.24) is 9.55 Å². The maximum atomic E-state index is 12.7. The van der Waals surface area contributed by atoms with Gasteiger partial charge in [-0.3, -0.25) is 0 Å². The number of halogens is 4. The minimum absolute atomic E-state index is 0.0884. The first-order chi connectivity index (χ1) is 9.50. The highest BCUT2D eigenvalue weighted by Crippen LogP contribution is 2.33. The lowest BCUT2D eigenvalue weighted by Crippen LogP contribution is -2.11. The van der Waals surface area contributed by atoms with E-state index < -0.39 is 11.7 Å². The van der Waals surface area contributed by atoms with Crippen LogP contribution >= 0.6 is 11.6 Å². The zero-order valence-corrected chi connectivity index (χ0v) is 11.2. The monoisotopic (exact) mass is 304 g/mol. The first-order valence-corrected chi connectivity index (χ1v) is 6.76. The molecular formula is C13H12ClF3N2O. The number of benzene rings is 1. The Labute approximate surface area is 118 Å². The summed E-state index contributed by atoms with van der Waals surface area (Å²) in [5.41, 5.74) is 0.296. The largest absolute Gasteiger partial charge is 0.416 e. The third-order valence-corrected chi connectivity index (χ3v) is 3.72. The summed E-state index contributed by atoms with van der Waals surface area (Å²) in [7, 11) is 0. The smallest absolute Gasteiger partial charge is 0.379 e. The highest BCUT2D eigenvalue weighted by molar-refractivity contribution is 6.16. The number of hydrogen-bond donors (Lipinski definition) is 0. The lowest BCUT2D eigenvalue weighted by molar-refractivity contribution is -0.137. The van der Waals surface area contributed by atoms with Crippen LogP contribution in [0.2, 0.25) is 0 Å². The summed E-state index contributed by atoms with van der Waals surface area (Å²) in [6.45, 7) is 1.18. The fourth-order valence-corrected chi connectivity index (χ4v) is 2.74. The average Bonchev–Trinajstić information content (AvgIpc) is 3.02. The Morgan fingerprint density at radius 2 is 2.20 bits per heavy atom. The second-order valence-corrected chi connectivity index (χ2v) is 5.02. The second kappa shape index (κ2) is 4.93. The molecule has 1 atom stereocenters. The van der Waals surface area contributed by atoms with Crippen LogP contribution in [-0.4, -0.2) is 22.8 Å².